The standard InChI is InChI=1S/C22H19ClN6O2/c1-14-15(2)28(11-18-4-3-9-30-18)21-20(14)22-26-19(27-29(22)13-24-21)12-31-25-10-16-5-7-17(23)8-6-16/h3-10,13H,11-12H2,1-2H3/b25-10-. The summed E-state index contributed by atoms with van der Waals surface area (Å²) in [6.45, 7) is 4.90. The molecule has 31 heavy (non-hydrogen) atoms. The summed E-state index contributed by atoms with van der Waals surface area (Å²) in [7, 11) is 0. The molecule has 5 rings (SSSR count). The molecule has 9 heteroatoms. The van der Waals surface area contributed by atoms with Crippen molar-refractivity contribution in [2.45, 2.75) is 27.0 Å². The van der Waals surface area contributed by atoms with Crippen LogP contribution in [-0.2, 0) is 18.0 Å². The first-order valence-corrected chi connectivity index (χ1v) is 10.1. The molecular formula is C22H19ClN6O2. The van der Waals surface area contributed by atoms with Crippen molar-refractivity contribution in [2.75, 3.05) is 0 Å². The SMILES string of the molecule is Cc1c(C)n(Cc2ccco2)c2ncn3nc(CO/N=C\c4ccc(Cl)cc4)nc3c12. The minimum absolute atomic E-state index is 0.151. The van der Waals surface area contributed by atoms with Crippen LogP contribution in [0.5, 0.6) is 0 Å². The van der Waals surface area contributed by atoms with Crippen LogP contribution < -0.4 is 0 Å². The lowest BCUT2D eigenvalue weighted by Gasteiger charge is -2.05. The second kappa shape index (κ2) is 7.88. The Labute approximate surface area is 182 Å². The highest BCUT2D eigenvalue weighted by atomic mass is 35.5. The summed E-state index contributed by atoms with van der Waals surface area (Å²) in [6, 6.07) is 11.2. The molecule has 0 bridgehead atoms. The molecule has 1 aromatic carbocycles. The fourth-order valence-electron chi connectivity index (χ4n) is 3.53. The van der Waals surface area contributed by atoms with E-state index in [1.807, 2.05) is 24.3 Å². The van der Waals surface area contributed by atoms with E-state index in [9.17, 15) is 0 Å². The van der Waals surface area contributed by atoms with Gasteiger partial charge in [-0.15, -0.1) is 5.10 Å². The molecule has 0 saturated carbocycles. The Balaban J connectivity index is 1.41. The van der Waals surface area contributed by atoms with Gasteiger partial charge in [-0.05, 0) is 49.2 Å². The highest BCUT2D eigenvalue weighted by molar-refractivity contribution is 6.30. The zero-order chi connectivity index (χ0) is 21.4. The number of rotatable bonds is 6. The van der Waals surface area contributed by atoms with Gasteiger partial charge in [0.1, 0.15) is 17.7 Å². The van der Waals surface area contributed by atoms with Crippen LogP contribution in [0, 0.1) is 13.8 Å². The molecule has 4 aromatic heterocycles. The smallest absolute Gasteiger partial charge is 0.192 e. The number of fused-ring (bicyclic) bond motifs is 3. The molecule has 156 valence electrons. The first-order chi connectivity index (χ1) is 15.1. The number of nitrogens with zero attached hydrogens (tertiary/aromatic N) is 6. The zero-order valence-corrected chi connectivity index (χ0v) is 17.7. The van der Waals surface area contributed by atoms with Gasteiger partial charge in [0, 0.05) is 10.7 Å². The summed E-state index contributed by atoms with van der Waals surface area (Å²) in [5.74, 6) is 1.40. The van der Waals surface area contributed by atoms with Crippen molar-refractivity contribution in [1.29, 1.82) is 0 Å². The highest BCUT2D eigenvalue weighted by Gasteiger charge is 2.18. The average molecular weight is 435 g/mol. The van der Waals surface area contributed by atoms with Gasteiger partial charge in [-0.1, -0.05) is 28.9 Å². The number of furan rings is 1. The maximum Gasteiger partial charge on any atom is 0.192 e. The molecular weight excluding hydrogens is 416 g/mol. The number of aromatic nitrogens is 5. The predicted molar refractivity (Wildman–Crippen MR) is 117 cm³/mol. The summed E-state index contributed by atoms with van der Waals surface area (Å²) >= 11 is 5.88. The first kappa shape index (κ1) is 19.3. The average Bonchev–Trinajstić information content (AvgIpc) is 3.48. The van der Waals surface area contributed by atoms with E-state index in [1.165, 1.54) is 0 Å². The third kappa shape index (κ3) is 3.66. The molecule has 0 spiro atoms. The van der Waals surface area contributed by atoms with E-state index < -0.39 is 0 Å². The van der Waals surface area contributed by atoms with Gasteiger partial charge in [0.2, 0.25) is 0 Å². The molecule has 0 atom stereocenters. The number of hydrogen-bond acceptors (Lipinski definition) is 6. The molecule has 8 nitrogen and oxygen atoms in total. The van der Waals surface area contributed by atoms with E-state index in [4.69, 9.17) is 20.9 Å². The third-order valence-corrected chi connectivity index (χ3v) is 5.48. The van der Waals surface area contributed by atoms with Crippen molar-refractivity contribution >= 4 is 34.5 Å². The van der Waals surface area contributed by atoms with Crippen LogP contribution >= 0.6 is 11.6 Å². The molecule has 0 saturated heterocycles. The van der Waals surface area contributed by atoms with E-state index in [2.05, 4.69) is 38.6 Å². The van der Waals surface area contributed by atoms with Crippen molar-refractivity contribution in [3.63, 3.8) is 0 Å². The summed E-state index contributed by atoms with van der Waals surface area (Å²) in [4.78, 5) is 14.7. The van der Waals surface area contributed by atoms with Crippen LogP contribution in [0.25, 0.3) is 16.7 Å². The van der Waals surface area contributed by atoms with E-state index in [-0.39, 0.29) is 6.61 Å². The van der Waals surface area contributed by atoms with Crippen molar-refractivity contribution in [3.8, 4) is 0 Å². The fraction of sp³-hybridized carbons (Fsp3) is 0.182. The van der Waals surface area contributed by atoms with Gasteiger partial charge >= 0.3 is 0 Å². The van der Waals surface area contributed by atoms with Crippen LogP contribution in [-0.4, -0.2) is 30.4 Å². The maximum atomic E-state index is 5.88. The molecule has 0 aliphatic rings. The van der Waals surface area contributed by atoms with Crippen LogP contribution in [0.1, 0.15) is 28.4 Å². The Bertz CT molecular complexity index is 1380. The molecule has 0 amide bonds. The van der Waals surface area contributed by atoms with E-state index in [1.54, 1.807) is 35.5 Å². The lowest BCUT2D eigenvalue weighted by atomic mass is 10.2. The molecule has 0 aliphatic carbocycles. The molecule has 0 aliphatic heterocycles. The van der Waals surface area contributed by atoms with Crippen molar-refractivity contribution in [3.05, 3.63) is 82.4 Å². The van der Waals surface area contributed by atoms with Gasteiger partial charge in [0.25, 0.3) is 0 Å². The van der Waals surface area contributed by atoms with Gasteiger partial charge in [0.15, 0.2) is 18.1 Å². The number of benzene rings is 1. The Morgan fingerprint density at radius 1 is 1.16 bits per heavy atom. The van der Waals surface area contributed by atoms with Crippen molar-refractivity contribution in [2.24, 2.45) is 5.16 Å². The third-order valence-electron chi connectivity index (χ3n) is 5.22. The molecule has 0 N–H and O–H groups in total. The Morgan fingerprint density at radius 2 is 2.00 bits per heavy atom. The first-order valence-electron chi connectivity index (χ1n) is 9.73. The van der Waals surface area contributed by atoms with Gasteiger partial charge in [-0.25, -0.2) is 14.5 Å². The molecule has 0 unspecified atom stereocenters. The second-order valence-electron chi connectivity index (χ2n) is 7.17. The van der Waals surface area contributed by atoms with E-state index in [0.29, 0.717) is 17.4 Å². The summed E-state index contributed by atoms with van der Waals surface area (Å²) < 4.78 is 9.32. The highest BCUT2D eigenvalue weighted by Crippen LogP contribution is 2.27. The lowest BCUT2D eigenvalue weighted by molar-refractivity contribution is 0.126. The zero-order valence-electron chi connectivity index (χ0n) is 17.0. The van der Waals surface area contributed by atoms with E-state index >= 15 is 0 Å². The van der Waals surface area contributed by atoms with Crippen LogP contribution in [0.4, 0.5) is 0 Å². The van der Waals surface area contributed by atoms with Crippen LogP contribution in [0.15, 0.2) is 58.6 Å². The largest absolute Gasteiger partial charge is 0.467 e. The molecule has 5 aromatic rings. The molecule has 0 radical (unpaired) electrons. The topological polar surface area (TPSA) is 82.7 Å². The summed E-state index contributed by atoms with van der Waals surface area (Å²) in [5, 5.41) is 10.1. The van der Waals surface area contributed by atoms with Gasteiger partial charge in [-0.3, -0.25) is 0 Å². The quantitative estimate of drug-likeness (QED) is 0.289. The Kier molecular flexibility index (Phi) is 4.91. The fourth-order valence-corrected chi connectivity index (χ4v) is 3.66. The summed E-state index contributed by atoms with van der Waals surface area (Å²) in [6.07, 6.45) is 4.96. The number of aryl methyl sites for hydroxylation is 1. The minimum Gasteiger partial charge on any atom is -0.467 e. The normalized spacial score (nSPS) is 11.8. The van der Waals surface area contributed by atoms with E-state index in [0.717, 1.165) is 39.3 Å². The Hall–Kier alpha value is -3.65. The molecule has 0 fully saturated rings. The summed E-state index contributed by atoms with van der Waals surface area (Å²) in [5.41, 5.74) is 4.70. The second-order valence-corrected chi connectivity index (χ2v) is 7.61. The van der Waals surface area contributed by atoms with Gasteiger partial charge in [-0.2, -0.15) is 0 Å². The number of hydrogen-bond donors (Lipinski definition) is 0. The number of oxime groups is 1. The molecule has 4 heterocycles. The van der Waals surface area contributed by atoms with Crippen molar-refractivity contribution in [1.82, 2.24) is 24.1 Å². The van der Waals surface area contributed by atoms with Gasteiger partial charge < -0.3 is 13.8 Å². The lowest BCUT2D eigenvalue weighted by Crippen LogP contribution is -2.02. The van der Waals surface area contributed by atoms with Gasteiger partial charge in [0.05, 0.1) is 24.4 Å². The van der Waals surface area contributed by atoms with Crippen molar-refractivity contribution < 1.29 is 9.25 Å². The number of halogens is 1. The maximum absolute atomic E-state index is 5.88. The monoisotopic (exact) mass is 434 g/mol. The minimum atomic E-state index is 0.151. The van der Waals surface area contributed by atoms with Crippen LogP contribution in [0.3, 0.4) is 0 Å². The predicted octanol–water partition coefficient (Wildman–Crippen LogP) is 4.54. The van der Waals surface area contributed by atoms with Crippen LogP contribution in [0.2, 0.25) is 5.02 Å². The Morgan fingerprint density at radius 3 is 2.77 bits per heavy atom.